The van der Waals surface area contributed by atoms with E-state index in [2.05, 4.69) is 24.9 Å². The average Bonchev–Trinajstić information content (AvgIpc) is 2.73. The number of nitrogens with zero attached hydrogens (tertiary/aromatic N) is 4. The molecule has 0 aliphatic rings. The second-order valence-electron chi connectivity index (χ2n) is 6.48. The third-order valence-corrected chi connectivity index (χ3v) is 5.66. The van der Waals surface area contributed by atoms with Crippen molar-refractivity contribution in [2.45, 2.75) is 11.8 Å². The summed E-state index contributed by atoms with van der Waals surface area (Å²) in [6.45, 7) is 1.74. The second kappa shape index (κ2) is 7.88. The van der Waals surface area contributed by atoms with Crippen molar-refractivity contribution in [2.24, 2.45) is 10.2 Å². The normalized spacial score (nSPS) is 11.8. The molecule has 1 heterocycles. The summed E-state index contributed by atoms with van der Waals surface area (Å²) >= 11 is 0. The van der Waals surface area contributed by atoms with Crippen molar-refractivity contribution in [1.29, 1.82) is 0 Å². The van der Waals surface area contributed by atoms with Crippen LogP contribution >= 0.6 is 0 Å². The van der Waals surface area contributed by atoms with Gasteiger partial charge in [-0.1, -0.05) is 30.3 Å². The fourth-order valence-electron chi connectivity index (χ4n) is 2.83. The number of rotatable bonds is 5. The van der Waals surface area contributed by atoms with Crippen LogP contribution in [0.25, 0.3) is 10.8 Å². The van der Waals surface area contributed by atoms with Crippen LogP contribution in [0.5, 0.6) is 5.75 Å². The number of phenols is 1. The monoisotopic (exact) mass is 419 g/mol. The van der Waals surface area contributed by atoms with E-state index in [1.807, 2.05) is 24.3 Å². The smallest absolute Gasteiger partial charge is 0.264 e. The number of aryl methyl sites for hydroxylation is 1. The minimum Gasteiger partial charge on any atom is -0.506 e. The van der Waals surface area contributed by atoms with Gasteiger partial charge in [0, 0.05) is 17.3 Å². The molecular formula is C21H17N5O3S. The Hall–Kier alpha value is -3.85. The zero-order valence-electron chi connectivity index (χ0n) is 15.9. The van der Waals surface area contributed by atoms with Gasteiger partial charge in [-0.3, -0.25) is 0 Å². The molecule has 4 rings (SSSR count). The third-order valence-electron chi connectivity index (χ3n) is 4.31. The highest BCUT2D eigenvalue weighted by Gasteiger charge is 2.15. The van der Waals surface area contributed by atoms with Gasteiger partial charge in [0.1, 0.15) is 11.4 Å². The van der Waals surface area contributed by atoms with Gasteiger partial charge in [0.25, 0.3) is 10.0 Å². The summed E-state index contributed by atoms with van der Waals surface area (Å²) in [7, 11) is -3.84. The number of hydrogen-bond acceptors (Lipinski definition) is 7. The van der Waals surface area contributed by atoms with E-state index in [-0.39, 0.29) is 16.6 Å². The van der Waals surface area contributed by atoms with Crippen LogP contribution in [0.1, 0.15) is 5.69 Å². The van der Waals surface area contributed by atoms with E-state index in [9.17, 15) is 13.5 Å². The molecule has 30 heavy (non-hydrogen) atoms. The molecule has 0 bridgehead atoms. The second-order valence-corrected chi connectivity index (χ2v) is 8.16. The number of hydrogen-bond donors (Lipinski definition) is 2. The number of anilines is 1. The Morgan fingerprint density at radius 1 is 0.933 bits per heavy atom. The van der Waals surface area contributed by atoms with Crippen LogP contribution in [-0.4, -0.2) is 23.5 Å². The zero-order chi connectivity index (χ0) is 21.1. The molecule has 0 unspecified atom stereocenters. The molecule has 0 saturated carbocycles. The van der Waals surface area contributed by atoms with E-state index in [0.29, 0.717) is 17.1 Å². The third kappa shape index (κ3) is 4.11. The lowest BCUT2D eigenvalue weighted by molar-refractivity contribution is 0.477. The Kier molecular flexibility index (Phi) is 5.11. The van der Waals surface area contributed by atoms with Crippen LogP contribution in [0.2, 0.25) is 0 Å². The maximum absolute atomic E-state index is 12.5. The van der Waals surface area contributed by atoms with E-state index in [1.165, 1.54) is 30.5 Å². The summed E-state index contributed by atoms with van der Waals surface area (Å²) in [6.07, 6.45) is 1.48. The van der Waals surface area contributed by atoms with Gasteiger partial charge in [-0.25, -0.2) is 23.1 Å². The molecule has 0 atom stereocenters. The highest BCUT2D eigenvalue weighted by atomic mass is 32.2. The number of aromatic hydroxyl groups is 1. The summed E-state index contributed by atoms with van der Waals surface area (Å²) in [4.78, 5) is 7.99. The summed E-state index contributed by atoms with van der Waals surface area (Å²) in [6, 6.07) is 18.4. The van der Waals surface area contributed by atoms with Crippen molar-refractivity contribution in [3.8, 4) is 5.75 Å². The molecule has 8 nitrogen and oxygen atoms in total. The van der Waals surface area contributed by atoms with E-state index in [0.717, 1.165) is 10.8 Å². The first kappa shape index (κ1) is 19.5. The SMILES string of the molecule is Cc1ccnc(NS(=O)(=O)c2ccc(N=Nc3c(O)ccc4ccccc34)cc2)n1. The lowest BCUT2D eigenvalue weighted by Gasteiger charge is -2.07. The molecule has 4 aromatic rings. The largest absolute Gasteiger partial charge is 0.506 e. The molecule has 1 aromatic heterocycles. The van der Waals surface area contributed by atoms with E-state index >= 15 is 0 Å². The molecule has 0 aliphatic heterocycles. The van der Waals surface area contributed by atoms with Crippen molar-refractivity contribution < 1.29 is 13.5 Å². The van der Waals surface area contributed by atoms with Crippen molar-refractivity contribution in [3.63, 3.8) is 0 Å². The topological polar surface area (TPSA) is 117 Å². The summed E-state index contributed by atoms with van der Waals surface area (Å²) in [5.74, 6) is 0.0178. The van der Waals surface area contributed by atoms with Gasteiger partial charge in [0.15, 0.2) is 0 Å². The molecule has 2 N–H and O–H groups in total. The highest BCUT2D eigenvalue weighted by molar-refractivity contribution is 7.92. The number of fused-ring (bicyclic) bond motifs is 1. The summed E-state index contributed by atoms with van der Waals surface area (Å²) < 4.78 is 27.4. The molecular weight excluding hydrogens is 402 g/mol. The van der Waals surface area contributed by atoms with Crippen LogP contribution in [0, 0.1) is 6.92 Å². The Balaban J connectivity index is 1.58. The molecule has 0 fully saturated rings. The fourth-order valence-corrected chi connectivity index (χ4v) is 3.78. The number of benzene rings is 3. The maximum Gasteiger partial charge on any atom is 0.264 e. The predicted octanol–water partition coefficient (Wildman–Crippen LogP) is 4.86. The van der Waals surface area contributed by atoms with Gasteiger partial charge in [-0.2, -0.15) is 5.11 Å². The molecule has 9 heteroatoms. The maximum atomic E-state index is 12.5. The average molecular weight is 419 g/mol. The number of sulfonamides is 1. The van der Waals surface area contributed by atoms with Crippen LogP contribution in [0.4, 0.5) is 17.3 Å². The van der Waals surface area contributed by atoms with Crippen LogP contribution < -0.4 is 4.72 Å². The van der Waals surface area contributed by atoms with Gasteiger partial charge in [-0.15, -0.1) is 5.11 Å². The summed E-state index contributed by atoms with van der Waals surface area (Å²) in [5, 5.41) is 20.1. The first-order valence-corrected chi connectivity index (χ1v) is 10.5. The van der Waals surface area contributed by atoms with Crippen molar-refractivity contribution in [2.75, 3.05) is 4.72 Å². The molecule has 0 amide bonds. The quantitative estimate of drug-likeness (QED) is 0.448. The van der Waals surface area contributed by atoms with Gasteiger partial charge >= 0.3 is 0 Å². The van der Waals surface area contributed by atoms with Crippen molar-refractivity contribution in [3.05, 3.63) is 78.6 Å². The fraction of sp³-hybridized carbons (Fsp3) is 0.0476. The van der Waals surface area contributed by atoms with Gasteiger partial charge in [0.05, 0.1) is 10.6 Å². The number of phenolic OH excluding ortho intramolecular Hbond substituents is 1. The van der Waals surface area contributed by atoms with E-state index in [1.54, 1.807) is 25.1 Å². The zero-order valence-corrected chi connectivity index (χ0v) is 16.7. The number of aromatic nitrogens is 2. The first-order valence-electron chi connectivity index (χ1n) is 8.97. The Morgan fingerprint density at radius 2 is 1.70 bits per heavy atom. The Labute approximate surface area is 173 Å². The van der Waals surface area contributed by atoms with Crippen LogP contribution in [0.3, 0.4) is 0 Å². The number of azo groups is 1. The van der Waals surface area contributed by atoms with Gasteiger partial charge in [-0.05, 0) is 48.7 Å². The standard InChI is InChI=1S/C21H17N5O3S/c1-14-12-13-22-21(23-14)26-30(28,29)17-9-7-16(8-10-17)24-25-20-18-5-3-2-4-15(18)6-11-19(20)27/h2-13,27H,1H3,(H,22,23,26). The minimum atomic E-state index is -3.84. The van der Waals surface area contributed by atoms with Gasteiger partial charge < -0.3 is 5.11 Å². The Morgan fingerprint density at radius 3 is 2.47 bits per heavy atom. The van der Waals surface area contributed by atoms with Crippen molar-refractivity contribution in [1.82, 2.24) is 9.97 Å². The predicted molar refractivity (Wildman–Crippen MR) is 114 cm³/mol. The lowest BCUT2D eigenvalue weighted by Crippen LogP contribution is -2.15. The molecule has 0 saturated heterocycles. The summed E-state index contributed by atoms with van der Waals surface area (Å²) in [5.41, 5.74) is 1.44. The first-order chi connectivity index (χ1) is 14.4. The lowest BCUT2D eigenvalue weighted by atomic mass is 10.1. The van der Waals surface area contributed by atoms with Crippen LogP contribution in [0.15, 0.2) is 88.1 Å². The van der Waals surface area contributed by atoms with Gasteiger partial charge in [0.2, 0.25) is 5.95 Å². The van der Waals surface area contributed by atoms with E-state index < -0.39 is 10.0 Å². The van der Waals surface area contributed by atoms with E-state index in [4.69, 9.17) is 0 Å². The molecule has 3 aromatic carbocycles. The Bertz CT molecular complexity index is 1350. The molecule has 150 valence electrons. The minimum absolute atomic E-state index is 0.00481. The van der Waals surface area contributed by atoms with Crippen LogP contribution in [-0.2, 0) is 10.0 Å². The molecule has 0 spiro atoms. The highest BCUT2D eigenvalue weighted by Crippen LogP contribution is 2.36. The number of nitrogens with one attached hydrogen (secondary N) is 1. The molecule has 0 radical (unpaired) electrons. The van der Waals surface area contributed by atoms with Crippen molar-refractivity contribution >= 4 is 38.1 Å². The molecule has 0 aliphatic carbocycles.